The van der Waals surface area contributed by atoms with Gasteiger partial charge in [0, 0.05) is 44.5 Å². The van der Waals surface area contributed by atoms with Gasteiger partial charge < -0.3 is 18.9 Å². The number of pyridine rings is 1. The first-order valence-electron chi connectivity index (χ1n) is 9.15. The molecular formula is C21H29N3O3. The molecule has 0 unspecified atom stereocenters. The molecule has 1 aromatic carbocycles. The van der Waals surface area contributed by atoms with E-state index >= 15 is 0 Å². The zero-order chi connectivity index (χ0) is 19.7. The van der Waals surface area contributed by atoms with Crippen LogP contribution in [0.4, 0.5) is 0 Å². The molecule has 0 amide bonds. The summed E-state index contributed by atoms with van der Waals surface area (Å²) in [6, 6.07) is 6.51. The number of benzene rings is 1. The normalized spacial score (nSPS) is 15.1. The number of rotatable bonds is 6. The molecule has 1 aromatic heterocycles. The summed E-state index contributed by atoms with van der Waals surface area (Å²) >= 11 is 0. The molecule has 0 aliphatic carbocycles. The van der Waals surface area contributed by atoms with Gasteiger partial charge in [0.1, 0.15) is 11.5 Å². The van der Waals surface area contributed by atoms with E-state index in [0.717, 1.165) is 47.8 Å². The number of aromatic nitrogens is 1. The van der Waals surface area contributed by atoms with Gasteiger partial charge in [-0.3, -0.25) is 9.69 Å². The summed E-state index contributed by atoms with van der Waals surface area (Å²) < 4.78 is 13.0. The fourth-order valence-corrected chi connectivity index (χ4v) is 3.67. The molecule has 0 saturated carbocycles. The summed E-state index contributed by atoms with van der Waals surface area (Å²) in [6.07, 6.45) is 1.85. The number of likely N-dealkylation sites (tertiary alicyclic amines) is 1. The summed E-state index contributed by atoms with van der Waals surface area (Å²) in [5, 5.41) is 0. The third-order valence-electron chi connectivity index (χ3n) is 5.38. The lowest BCUT2D eigenvalue weighted by Gasteiger charge is -2.42. The molecule has 146 valence electrons. The van der Waals surface area contributed by atoms with E-state index < -0.39 is 0 Å². The van der Waals surface area contributed by atoms with Crippen LogP contribution in [0.3, 0.4) is 0 Å². The van der Waals surface area contributed by atoms with Crippen molar-refractivity contribution in [2.75, 3.05) is 41.4 Å². The van der Waals surface area contributed by atoms with Crippen LogP contribution in [0.15, 0.2) is 29.2 Å². The second kappa shape index (κ2) is 7.74. The summed E-state index contributed by atoms with van der Waals surface area (Å²) in [5.41, 5.74) is 3.71. The van der Waals surface area contributed by atoms with Crippen molar-refractivity contribution in [2.24, 2.45) is 7.05 Å². The van der Waals surface area contributed by atoms with Gasteiger partial charge in [-0.05, 0) is 50.3 Å². The largest absolute Gasteiger partial charge is 0.496 e. The van der Waals surface area contributed by atoms with E-state index in [4.69, 9.17) is 9.47 Å². The van der Waals surface area contributed by atoms with Crippen molar-refractivity contribution in [1.82, 2.24) is 14.4 Å². The van der Waals surface area contributed by atoms with Gasteiger partial charge in [0.15, 0.2) is 0 Å². The molecule has 0 radical (unpaired) electrons. The van der Waals surface area contributed by atoms with E-state index in [9.17, 15) is 4.79 Å². The molecule has 1 fully saturated rings. The molecule has 2 heterocycles. The van der Waals surface area contributed by atoms with E-state index in [-0.39, 0.29) is 5.56 Å². The number of likely N-dealkylation sites (N-methyl/N-ethyl adjacent to an activating group) is 2. The summed E-state index contributed by atoms with van der Waals surface area (Å²) in [4.78, 5) is 16.6. The lowest BCUT2D eigenvalue weighted by Crippen LogP contribution is -2.56. The number of hydrogen-bond acceptors (Lipinski definition) is 5. The van der Waals surface area contributed by atoms with Crippen LogP contribution in [-0.2, 0) is 13.6 Å². The predicted molar refractivity (Wildman–Crippen MR) is 108 cm³/mol. The van der Waals surface area contributed by atoms with Gasteiger partial charge in [-0.25, -0.2) is 0 Å². The molecule has 3 rings (SSSR count). The number of nitrogens with zero attached hydrogens (tertiary/aromatic N) is 3. The van der Waals surface area contributed by atoms with Crippen molar-refractivity contribution in [3.63, 3.8) is 0 Å². The molecule has 0 atom stereocenters. The lowest BCUT2D eigenvalue weighted by atomic mass is 10.0. The Labute approximate surface area is 160 Å². The third kappa shape index (κ3) is 3.87. The van der Waals surface area contributed by atoms with Gasteiger partial charge in [-0.15, -0.1) is 0 Å². The summed E-state index contributed by atoms with van der Waals surface area (Å²) in [5.74, 6) is 1.60. The van der Waals surface area contributed by atoms with Crippen LogP contribution in [0, 0.1) is 6.92 Å². The van der Waals surface area contributed by atoms with Gasteiger partial charge in [-0.1, -0.05) is 0 Å². The highest BCUT2D eigenvalue weighted by molar-refractivity contribution is 5.69. The Kier molecular flexibility index (Phi) is 5.58. The molecule has 6 heteroatoms. The summed E-state index contributed by atoms with van der Waals surface area (Å²) in [7, 11) is 9.42. The number of hydrogen-bond donors (Lipinski definition) is 0. The Hall–Kier alpha value is -2.31. The quantitative estimate of drug-likeness (QED) is 0.778. The smallest absolute Gasteiger partial charge is 0.253 e. The van der Waals surface area contributed by atoms with E-state index in [2.05, 4.69) is 23.9 Å². The minimum absolute atomic E-state index is 0.0152. The highest BCUT2D eigenvalue weighted by atomic mass is 16.5. The van der Waals surface area contributed by atoms with Gasteiger partial charge in [-0.2, -0.15) is 0 Å². The van der Waals surface area contributed by atoms with Crippen LogP contribution in [0.25, 0.3) is 11.1 Å². The number of methoxy groups -OCH3 is 2. The van der Waals surface area contributed by atoms with Crippen LogP contribution in [0.2, 0.25) is 0 Å². The first-order chi connectivity index (χ1) is 12.8. The van der Waals surface area contributed by atoms with Crippen LogP contribution in [0.1, 0.15) is 11.1 Å². The van der Waals surface area contributed by atoms with Crippen molar-refractivity contribution in [3.8, 4) is 22.6 Å². The van der Waals surface area contributed by atoms with Gasteiger partial charge in [0.25, 0.3) is 5.56 Å². The minimum atomic E-state index is 0.0152. The first kappa shape index (κ1) is 19.5. The van der Waals surface area contributed by atoms with Crippen molar-refractivity contribution in [1.29, 1.82) is 0 Å². The zero-order valence-electron chi connectivity index (χ0n) is 17.1. The average Bonchev–Trinajstić information content (AvgIpc) is 2.62. The van der Waals surface area contributed by atoms with E-state index in [1.165, 1.54) is 0 Å². The molecular weight excluding hydrogens is 342 g/mol. The average molecular weight is 371 g/mol. The second-order valence-electron chi connectivity index (χ2n) is 7.48. The van der Waals surface area contributed by atoms with Crippen LogP contribution in [-0.4, -0.2) is 61.8 Å². The second-order valence-corrected chi connectivity index (χ2v) is 7.48. The maximum atomic E-state index is 12.0. The Bertz CT molecular complexity index is 833. The SMILES string of the molecule is COc1cc(-c2cc(C)c(=O)n(C)c2)cc(OC)c1CN(C)C1CN(C)C1. The first-order valence-corrected chi connectivity index (χ1v) is 9.15. The maximum Gasteiger partial charge on any atom is 0.253 e. The van der Waals surface area contributed by atoms with E-state index in [1.807, 2.05) is 31.3 Å². The Morgan fingerprint density at radius 1 is 1.07 bits per heavy atom. The zero-order valence-corrected chi connectivity index (χ0v) is 17.1. The van der Waals surface area contributed by atoms with Gasteiger partial charge in [0.05, 0.1) is 19.8 Å². The van der Waals surface area contributed by atoms with Crippen molar-refractivity contribution in [3.05, 3.63) is 45.9 Å². The molecule has 0 spiro atoms. The fraction of sp³-hybridized carbons (Fsp3) is 0.476. The molecule has 2 aromatic rings. The topological polar surface area (TPSA) is 46.9 Å². The Balaban J connectivity index is 1.98. The highest BCUT2D eigenvalue weighted by Gasteiger charge is 2.28. The monoisotopic (exact) mass is 371 g/mol. The third-order valence-corrected chi connectivity index (χ3v) is 5.38. The van der Waals surface area contributed by atoms with Crippen molar-refractivity contribution < 1.29 is 9.47 Å². The van der Waals surface area contributed by atoms with Crippen molar-refractivity contribution >= 4 is 0 Å². The van der Waals surface area contributed by atoms with Crippen LogP contribution >= 0.6 is 0 Å². The maximum absolute atomic E-state index is 12.0. The van der Waals surface area contributed by atoms with E-state index in [0.29, 0.717) is 11.6 Å². The molecule has 0 N–H and O–H groups in total. The molecule has 0 bridgehead atoms. The standard InChI is InChI=1S/C21H29N3O3/c1-14-7-16(10-24(4)21(14)25)15-8-19(26-5)18(20(9-15)27-6)13-23(3)17-11-22(2)12-17/h7-10,17H,11-13H2,1-6H3. The highest BCUT2D eigenvalue weighted by Crippen LogP contribution is 2.36. The van der Waals surface area contributed by atoms with E-state index in [1.54, 1.807) is 25.8 Å². The molecule has 1 saturated heterocycles. The van der Waals surface area contributed by atoms with Gasteiger partial charge in [0.2, 0.25) is 0 Å². The Morgan fingerprint density at radius 3 is 2.15 bits per heavy atom. The molecule has 1 aliphatic rings. The fourth-order valence-electron chi connectivity index (χ4n) is 3.67. The number of ether oxygens (including phenoxy) is 2. The number of aryl methyl sites for hydroxylation is 2. The molecule has 1 aliphatic heterocycles. The molecule has 6 nitrogen and oxygen atoms in total. The molecule has 27 heavy (non-hydrogen) atoms. The Morgan fingerprint density at radius 2 is 1.67 bits per heavy atom. The minimum Gasteiger partial charge on any atom is -0.496 e. The van der Waals surface area contributed by atoms with Gasteiger partial charge >= 0.3 is 0 Å². The predicted octanol–water partition coefficient (Wildman–Crippen LogP) is 2.12. The van der Waals surface area contributed by atoms with Crippen LogP contribution in [0.5, 0.6) is 11.5 Å². The van der Waals surface area contributed by atoms with Crippen LogP contribution < -0.4 is 15.0 Å². The summed E-state index contributed by atoms with van der Waals surface area (Å²) in [6.45, 7) is 4.75. The van der Waals surface area contributed by atoms with Crippen molar-refractivity contribution in [2.45, 2.75) is 19.5 Å². The lowest BCUT2D eigenvalue weighted by molar-refractivity contribution is 0.0649.